The van der Waals surface area contributed by atoms with Gasteiger partial charge < -0.3 is 23.8 Å². The highest BCUT2D eigenvalue weighted by atomic mass is 16.5. The molecule has 1 N–H and O–H groups in total. The fourth-order valence-electron chi connectivity index (χ4n) is 5.28. The number of quaternary nitrogens is 1. The molecule has 0 saturated heterocycles. The van der Waals surface area contributed by atoms with Crippen molar-refractivity contribution in [2.24, 2.45) is 5.41 Å². The third-order valence-electron chi connectivity index (χ3n) is 7.07. The molecule has 0 heterocycles. The van der Waals surface area contributed by atoms with Gasteiger partial charge in [-0.1, -0.05) is 83.1 Å². The van der Waals surface area contributed by atoms with Crippen LogP contribution in [0.4, 0.5) is 0 Å². The fourth-order valence-corrected chi connectivity index (χ4v) is 5.28. The van der Waals surface area contributed by atoms with Gasteiger partial charge in [-0.25, -0.2) is 0 Å². The number of aliphatic hydroxyl groups excluding tert-OH is 1. The summed E-state index contributed by atoms with van der Waals surface area (Å²) in [6, 6.07) is 24.7. The van der Waals surface area contributed by atoms with Crippen LogP contribution < -0.4 is 9.47 Å². The molecule has 3 aromatic carbocycles. The first kappa shape index (κ1) is 31.7. The van der Waals surface area contributed by atoms with Crippen molar-refractivity contribution < 1.29 is 23.8 Å². The van der Waals surface area contributed by atoms with Gasteiger partial charge in [0.1, 0.15) is 37.8 Å². The number of nitrogens with zero attached hydrogens (tertiary/aromatic N) is 1. The van der Waals surface area contributed by atoms with Gasteiger partial charge in [0, 0.05) is 5.56 Å². The van der Waals surface area contributed by atoms with Crippen LogP contribution in [0, 0.1) is 5.41 Å². The Kier molecular flexibility index (Phi) is 11.2. The Bertz CT molecular complexity index is 1160. The second-order valence-electron chi connectivity index (χ2n) is 13.3. The van der Waals surface area contributed by atoms with E-state index in [-0.39, 0.29) is 12.0 Å². The van der Waals surface area contributed by atoms with E-state index in [1.54, 1.807) is 0 Å². The highest BCUT2D eigenvalue weighted by Gasteiger charge is 2.27. The molecule has 0 aliphatic rings. The van der Waals surface area contributed by atoms with Crippen molar-refractivity contribution in [2.75, 3.05) is 40.5 Å². The highest BCUT2D eigenvalue weighted by molar-refractivity contribution is 5.32. The van der Waals surface area contributed by atoms with Crippen molar-refractivity contribution in [1.29, 1.82) is 0 Å². The van der Waals surface area contributed by atoms with Crippen LogP contribution in [0.25, 0.3) is 0 Å². The second kappa shape index (κ2) is 14.2. The maximum atomic E-state index is 9.29. The van der Waals surface area contributed by atoms with Gasteiger partial charge in [-0.15, -0.1) is 0 Å². The minimum atomic E-state index is 0.0179. The molecule has 0 radical (unpaired) electrons. The molecule has 5 heteroatoms. The molecule has 0 saturated carbocycles. The van der Waals surface area contributed by atoms with Crippen LogP contribution in [-0.4, -0.2) is 50.1 Å². The highest BCUT2D eigenvalue weighted by Crippen LogP contribution is 2.36. The summed E-state index contributed by atoms with van der Waals surface area (Å²) in [6.07, 6.45) is 1.13. The lowest BCUT2D eigenvalue weighted by atomic mass is 9.72. The van der Waals surface area contributed by atoms with E-state index in [1.165, 1.54) is 11.1 Å². The summed E-state index contributed by atoms with van der Waals surface area (Å²) >= 11 is 0. The third kappa shape index (κ3) is 11.0. The molecule has 40 heavy (non-hydrogen) atoms. The number of aliphatic hydroxyl groups is 1. The van der Waals surface area contributed by atoms with Gasteiger partial charge in [0.15, 0.2) is 0 Å². The lowest BCUT2D eigenvalue weighted by molar-refractivity contribution is -0.904. The normalized spacial score (nSPS) is 12.4. The Morgan fingerprint density at radius 2 is 1.38 bits per heavy atom. The quantitative estimate of drug-likeness (QED) is 0.162. The molecule has 3 rings (SSSR count). The molecule has 0 bridgehead atoms. The molecule has 0 aliphatic carbocycles. The standard InChI is InChI=1S/C35H50NO4/c1-34(2,3)27-35(4,5)31-15-17-32(18-16-31)39-22-21-38-20-19-36(6,7)24-28-11-13-29(14-12-28)26-40-33-10-8-9-30(23-33)25-37/h8-18,23,37H,19-22,24-27H2,1-7H3/q+1. The summed E-state index contributed by atoms with van der Waals surface area (Å²) in [5.74, 6) is 1.66. The monoisotopic (exact) mass is 548 g/mol. The average molecular weight is 549 g/mol. The molecular weight excluding hydrogens is 498 g/mol. The number of rotatable bonds is 15. The second-order valence-corrected chi connectivity index (χ2v) is 13.3. The largest absolute Gasteiger partial charge is 0.491 e. The summed E-state index contributed by atoms with van der Waals surface area (Å²) in [7, 11) is 4.46. The molecule has 0 aromatic heterocycles. The van der Waals surface area contributed by atoms with Gasteiger partial charge in [-0.2, -0.15) is 0 Å². The van der Waals surface area contributed by atoms with E-state index in [1.807, 2.05) is 24.3 Å². The zero-order chi connectivity index (χ0) is 29.2. The van der Waals surface area contributed by atoms with Gasteiger partial charge in [-0.05, 0) is 58.2 Å². The smallest absolute Gasteiger partial charge is 0.120 e. The van der Waals surface area contributed by atoms with E-state index in [2.05, 4.69) is 97.2 Å². The summed E-state index contributed by atoms with van der Waals surface area (Å²) < 4.78 is 18.5. The number of hydrogen-bond acceptors (Lipinski definition) is 4. The van der Waals surface area contributed by atoms with Crippen molar-refractivity contribution >= 4 is 0 Å². The topological polar surface area (TPSA) is 47.9 Å². The molecule has 0 aliphatic heterocycles. The minimum Gasteiger partial charge on any atom is -0.491 e. The lowest BCUT2D eigenvalue weighted by Gasteiger charge is -2.33. The molecular formula is C35H50NO4+. The van der Waals surface area contributed by atoms with Crippen LogP contribution in [0.2, 0.25) is 0 Å². The van der Waals surface area contributed by atoms with Gasteiger partial charge in [0.05, 0.1) is 33.9 Å². The number of likely N-dealkylation sites (N-methyl/N-ethyl adjacent to an activating group) is 1. The van der Waals surface area contributed by atoms with Crippen LogP contribution in [0.15, 0.2) is 72.8 Å². The van der Waals surface area contributed by atoms with E-state index < -0.39 is 0 Å². The van der Waals surface area contributed by atoms with Crippen LogP contribution >= 0.6 is 0 Å². The van der Waals surface area contributed by atoms with Crippen LogP contribution in [-0.2, 0) is 29.9 Å². The van der Waals surface area contributed by atoms with Crippen LogP contribution in [0.5, 0.6) is 11.5 Å². The molecule has 0 amide bonds. The Balaban J connectivity index is 1.34. The van der Waals surface area contributed by atoms with E-state index in [9.17, 15) is 5.11 Å². The molecule has 218 valence electrons. The Hall–Kier alpha value is -2.86. The van der Waals surface area contributed by atoms with Crippen molar-refractivity contribution in [3.8, 4) is 11.5 Å². The molecule has 3 aromatic rings. The van der Waals surface area contributed by atoms with E-state index in [0.29, 0.717) is 31.8 Å². The molecule has 0 atom stereocenters. The Morgan fingerprint density at radius 1 is 0.700 bits per heavy atom. The van der Waals surface area contributed by atoms with E-state index in [0.717, 1.165) is 46.6 Å². The van der Waals surface area contributed by atoms with Crippen molar-refractivity contribution in [3.63, 3.8) is 0 Å². The van der Waals surface area contributed by atoms with E-state index >= 15 is 0 Å². The third-order valence-corrected chi connectivity index (χ3v) is 7.07. The summed E-state index contributed by atoms with van der Waals surface area (Å²) in [4.78, 5) is 0. The number of hydrogen-bond donors (Lipinski definition) is 1. The number of ether oxygens (including phenoxy) is 3. The van der Waals surface area contributed by atoms with Crippen LogP contribution in [0.1, 0.15) is 63.3 Å². The lowest BCUT2D eigenvalue weighted by Crippen LogP contribution is -2.41. The van der Waals surface area contributed by atoms with Gasteiger partial charge in [0.25, 0.3) is 0 Å². The fraction of sp³-hybridized carbons (Fsp3) is 0.486. The zero-order valence-electron chi connectivity index (χ0n) is 25.7. The van der Waals surface area contributed by atoms with Crippen molar-refractivity contribution in [2.45, 2.75) is 66.2 Å². The predicted molar refractivity (Wildman–Crippen MR) is 164 cm³/mol. The maximum Gasteiger partial charge on any atom is 0.120 e. The molecule has 0 unspecified atom stereocenters. The minimum absolute atomic E-state index is 0.0179. The van der Waals surface area contributed by atoms with Gasteiger partial charge in [-0.3, -0.25) is 0 Å². The average Bonchev–Trinajstić information content (AvgIpc) is 2.89. The van der Waals surface area contributed by atoms with Gasteiger partial charge >= 0.3 is 0 Å². The Morgan fingerprint density at radius 3 is 2.02 bits per heavy atom. The first-order valence-corrected chi connectivity index (χ1v) is 14.4. The SMILES string of the molecule is CC(C)(C)CC(C)(C)c1ccc(OCCOCC[N+](C)(C)Cc2ccc(COc3cccc(CO)c3)cc2)cc1. The van der Waals surface area contributed by atoms with Crippen molar-refractivity contribution in [1.82, 2.24) is 0 Å². The molecule has 5 nitrogen and oxygen atoms in total. The van der Waals surface area contributed by atoms with E-state index in [4.69, 9.17) is 14.2 Å². The van der Waals surface area contributed by atoms with Gasteiger partial charge in [0.2, 0.25) is 0 Å². The maximum absolute atomic E-state index is 9.29. The molecule has 0 fully saturated rings. The predicted octanol–water partition coefficient (Wildman–Crippen LogP) is 7.14. The Labute approximate surface area is 242 Å². The zero-order valence-corrected chi connectivity index (χ0v) is 25.7. The number of benzene rings is 3. The summed E-state index contributed by atoms with van der Waals surface area (Å²) in [5.41, 5.74) is 5.03. The van der Waals surface area contributed by atoms with Crippen molar-refractivity contribution in [3.05, 3.63) is 95.1 Å². The summed E-state index contributed by atoms with van der Waals surface area (Å²) in [5, 5.41) is 9.29. The first-order chi connectivity index (χ1) is 18.9. The van der Waals surface area contributed by atoms with Crippen LogP contribution in [0.3, 0.4) is 0 Å². The summed E-state index contributed by atoms with van der Waals surface area (Å²) in [6.45, 7) is 15.7. The molecule has 0 spiro atoms. The first-order valence-electron chi connectivity index (χ1n) is 14.4.